The number of benzene rings is 9. The Balaban J connectivity index is 1.30. The third-order valence-electron chi connectivity index (χ3n) is 10.8. The molecule has 2 heterocycles. The minimum absolute atomic E-state index is 0.811. The van der Waals surface area contributed by atoms with Crippen LogP contribution in [0.25, 0.3) is 104 Å². The van der Waals surface area contributed by atoms with Crippen molar-refractivity contribution < 1.29 is 0 Å². The molecule has 0 bridgehead atoms. The van der Waals surface area contributed by atoms with Crippen LogP contribution in [-0.4, -0.2) is 14.5 Å². The lowest BCUT2D eigenvalue weighted by Gasteiger charge is -2.16. The van der Waals surface area contributed by atoms with Gasteiger partial charge in [0.25, 0.3) is 0 Å². The summed E-state index contributed by atoms with van der Waals surface area (Å²) in [6.45, 7) is 0. The highest BCUT2D eigenvalue weighted by atomic mass is 15.1. The van der Waals surface area contributed by atoms with Crippen molar-refractivity contribution in [1.82, 2.24) is 14.5 Å². The van der Waals surface area contributed by atoms with E-state index in [9.17, 15) is 0 Å². The fraction of sp³-hybridized carbons (Fsp3) is 0. The molecule has 0 aliphatic rings. The van der Waals surface area contributed by atoms with Crippen LogP contribution in [0.4, 0.5) is 0 Å². The smallest absolute Gasteiger partial charge is 0.165 e. The monoisotopic (exact) mass is 673 g/mol. The molecule has 3 nitrogen and oxygen atoms in total. The summed E-state index contributed by atoms with van der Waals surface area (Å²) >= 11 is 0. The van der Waals surface area contributed by atoms with Gasteiger partial charge in [0.1, 0.15) is 5.69 Å². The third kappa shape index (κ3) is 4.61. The highest BCUT2D eigenvalue weighted by Crippen LogP contribution is 2.45. The van der Waals surface area contributed by atoms with Crippen LogP contribution < -0.4 is 0 Å². The zero-order chi connectivity index (χ0) is 34.9. The summed E-state index contributed by atoms with van der Waals surface area (Å²) in [4.78, 5) is 10.9. The van der Waals surface area contributed by atoms with Crippen LogP contribution in [0.1, 0.15) is 0 Å². The minimum Gasteiger partial charge on any atom is -0.292 e. The molecular formula is C50H31N3. The molecule has 0 fully saturated rings. The van der Waals surface area contributed by atoms with Crippen molar-refractivity contribution >= 4 is 65.2 Å². The number of para-hydroxylation sites is 2. The van der Waals surface area contributed by atoms with Crippen LogP contribution in [0.3, 0.4) is 0 Å². The van der Waals surface area contributed by atoms with E-state index in [0.29, 0.717) is 0 Å². The Morgan fingerprint density at radius 3 is 1.70 bits per heavy atom. The molecule has 2 aromatic heterocycles. The van der Waals surface area contributed by atoms with Gasteiger partial charge in [-0.05, 0) is 78.8 Å². The van der Waals surface area contributed by atoms with E-state index in [1.807, 2.05) is 12.1 Å². The molecule has 0 aliphatic carbocycles. The summed E-state index contributed by atoms with van der Waals surface area (Å²) < 4.78 is 2.37. The second-order valence-corrected chi connectivity index (χ2v) is 13.7. The first-order chi connectivity index (χ1) is 26.3. The van der Waals surface area contributed by atoms with Gasteiger partial charge in [-0.25, -0.2) is 9.97 Å². The molecule has 0 amide bonds. The summed E-state index contributed by atoms with van der Waals surface area (Å²) in [5, 5.41) is 9.78. The normalized spacial score (nSPS) is 11.8. The Labute approximate surface area is 306 Å². The first-order valence-corrected chi connectivity index (χ1v) is 18.1. The largest absolute Gasteiger partial charge is 0.292 e. The molecule has 0 spiro atoms. The average Bonchev–Trinajstić information content (AvgIpc) is 3.58. The Kier molecular flexibility index (Phi) is 6.55. The van der Waals surface area contributed by atoms with Crippen molar-refractivity contribution in [1.29, 1.82) is 0 Å². The van der Waals surface area contributed by atoms with Crippen LogP contribution >= 0.6 is 0 Å². The van der Waals surface area contributed by atoms with Gasteiger partial charge >= 0.3 is 0 Å². The topological polar surface area (TPSA) is 30.7 Å². The molecular weight excluding hydrogens is 643 g/mol. The SMILES string of the molecule is c1ccc(-c2ccc(-c3nc4ccccc4nc3-n3c4ccc5ccccc5c4c4c5ccccc5c(-c5cccc6ccccc56)cc43)cc2)cc1. The molecule has 11 rings (SSSR count). The predicted molar refractivity (Wildman–Crippen MR) is 223 cm³/mol. The maximum atomic E-state index is 5.49. The van der Waals surface area contributed by atoms with E-state index in [1.54, 1.807) is 0 Å². The summed E-state index contributed by atoms with van der Waals surface area (Å²) in [5.74, 6) is 0.811. The molecule has 0 saturated carbocycles. The fourth-order valence-electron chi connectivity index (χ4n) is 8.34. The number of rotatable bonds is 4. The van der Waals surface area contributed by atoms with Gasteiger partial charge in [0, 0.05) is 16.3 Å². The Bertz CT molecular complexity index is 3210. The second-order valence-electron chi connectivity index (χ2n) is 13.7. The van der Waals surface area contributed by atoms with Crippen LogP contribution in [0.2, 0.25) is 0 Å². The van der Waals surface area contributed by atoms with Gasteiger partial charge in [-0.3, -0.25) is 4.57 Å². The van der Waals surface area contributed by atoms with Gasteiger partial charge in [0.05, 0.1) is 22.1 Å². The van der Waals surface area contributed by atoms with E-state index in [0.717, 1.165) is 39.1 Å². The minimum atomic E-state index is 0.811. The van der Waals surface area contributed by atoms with Crippen molar-refractivity contribution in [2.45, 2.75) is 0 Å². The number of aromatic nitrogens is 3. The van der Waals surface area contributed by atoms with E-state index in [1.165, 1.54) is 65.3 Å². The van der Waals surface area contributed by atoms with Crippen molar-refractivity contribution in [2.24, 2.45) is 0 Å². The molecule has 0 unspecified atom stereocenters. The lowest BCUT2D eigenvalue weighted by Crippen LogP contribution is -2.04. The van der Waals surface area contributed by atoms with Crippen LogP contribution in [0.15, 0.2) is 188 Å². The van der Waals surface area contributed by atoms with Crippen molar-refractivity contribution in [2.75, 3.05) is 0 Å². The Morgan fingerprint density at radius 1 is 0.340 bits per heavy atom. The van der Waals surface area contributed by atoms with Crippen LogP contribution in [-0.2, 0) is 0 Å². The summed E-state index contributed by atoms with van der Waals surface area (Å²) in [7, 11) is 0. The number of hydrogen-bond acceptors (Lipinski definition) is 2. The Hall–Kier alpha value is -7.10. The summed E-state index contributed by atoms with van der Waals surface area (Å²) in [6.07, 6.45) is 0. The summed E-state index contributed by atoms with van der Waals surface area (Å²) in [5.41, 5.74) is 10.5. The third-order valence-corrected chi connectivity index (χ3v) is 10.8. The molecule has 0 radical (unpaired) electrons. The zero-order valence-corrected chi connectivity index (χ0v) is 28.7. The van der Waals surface area contributed by atoms with E-state index >= 15 is 0 Å². The number of hydrogen-bond donors (Lipinski definition) is 0. The van der Waals surface area contributed by atoms with Gasteiger partial charge in [0.2, 0.25) is 0 Å². The van der Waals surface area contributed by atoms with Crippen molar-refractivity contribution in [3.63, 3.8) is 0 Å². The van der Waals surface area contributed by atoms with Crippen LogP contribution in [0, 0.1) is 0 Å². The number of fused-ring (bicyclic) bond motifs is 9. The molecule has 246 valence electrons. The van der Waals surface area contributed by atoms with Gasteiger partial charge in [0.15, 0.2) is 5.82 Å². The van der Waals surface area contributed by atoms with Crippen molar-refractivity contribution in [3.05, 3.63) is 188 Å². The van der Waals surface area contributed by atoms with E-state index in [2.05, 4.69) is 180 Å². The highest BCUT2D eigenvalue weighted by molar-refractivity contribution is 6.30. The van der Waals surface area contributed by atoms with Gasteiger partial charge < -0.3 is 0 Å². The molecule has 0 aliphatic heterocycles. The summed E-state index contributed by atoms with van der Waals surface area (Å²) in [6, 6.07) is 67.3. The quantitative estimate of drug-likeness (QED) is 0.186. The maximum absolute atomic E-state index is 5.49. The van der Waals surface area contributed by atoms with Crippen LogP contribution in [0.5, 0.6) is 0 Å². The maximum Gasteiger partial charge on any atom is 0.165 e. The Morgan fingerprint density at radius 2 is 0.906 bits per heavy atom. The van der Waals surface area contributed by atoms with Gasteiger partial charge in [-0.2, -0.15) is 0 Å². The molecule has 0 saturated heterocycles. The first-order valence-electron chi connectivity index (χ1n) is 18.1. The molecule has 0 atom stereocenters. The molecule has 0 N–H and O–H groups in total. The van der Waals surface area contributed by atoms with Crippen molar-refractivity contribution in [3.8, 4) is 39.3 Å². The highest BCUT2D eigenvalue weighted by Gasteiger charge is 2.23. The second kappa shape index (κ2) is 11.7. The van der Waals surface area contributed by atoms with E-state index in [4.69, 9.17) is 9.97 Å². The molecule has 9 aromatic carbocycles. The fourth-order valence-corrected chi connectivity index (χ4v) is 8.34. The average molecular weight is 674 g/mol. The molecule has 3 heteroatoms. The van der Waals surface area contributed by atoms with Gasteiger partial charge in [-0.1, -0.05) is 164 Å². The predicted octanol–water partition coefficient (Wildman–Crippen LogP) is 13.2. The number of nitrogens with zero attached hydrogens (tertiary/aromatic N) is 3. The van der Waals surface area contributed by atoms with Gasteiger partial charge in [-0.15, -0.1) is 0 Å². The standard InChI is InChI=1S/C50H31N3/c1-2-13-32(14-3-1)33-25-27-36(28-26-33)49-50(52-44-24-11-10-23-43(44)51-49)53-45-30-29-35-16-5-7-19-38(35)47(45)48-41-21-9-8-20-40(41)42(31-46(48)53)39-22-12-17-34-15-4-6-18-37(34)39/h1-31H. The first kappa shape index (κ1) is 29.6. The lowest BCUT2D eigenvalue weighted by atomic mass is 9.91. The zero-order valence-electron chi connectivity index (χ0n) is 28.7. The van der Waals surface area contributed by atoms with E-state index < -0.39 is 0 Å². The molecule has 11 aromatic rings. The van der Waals surface area contributed by atoms with E-state index in [-0.39, 0.29) is 0 Å². The molecule has 53 heavy (non-hydrogen) atoms. The lowest BCUT2D eigenvalue weighted by molar-refractivity contribution is 1.08.